The summed E-state index contributed by atoms with van der Waals surface area (Å²) in [7, 11) is 2.01. The zero-order chi connectivity index (χ0) is 13.8. The molecule has 2 rings (SSSR count). The fourth-order valence-electron chi connectivity index (χ4n) is 2.04. The zero-order valence-electron chi connectivity index (χ0n) is 10.9. The summed E-state index contributed by atoms with van der Waals surface area (Å²) in [6.45, 7) is 2.77. The van der Waals surface area contributed by atoms with Gasteiger partial charge in [0.1, 0.15) is 0 Å². The third-order valence-electron chi connectivity index (χ3n) is 3.14. The van der Waals surface area contributed by atoms with Gasteiger partial charge in [0.05, 0.1) is 24.0 Å². The summed E-state index contributed by atoms with van der Waals surface area (Å²) in [4.78, 5) is 14.1. The number of morpholine rings is 1. The van der Waals surface area contributed by atoms with Crippen molar-refractivity contribution in [2.75, 3.05) is 39.0 Å². The van der Waals surface area contributed by atoms with E-state index in [9.17, 15) is 9.90 Å². The Labute approximate surface area is 112 Å². The molecule has 6 heteroatoms. The van der Waals surface area contributed by atoms with Crippen LogP contribution in [0.3, 0.4) is 0 Å². The number of amides is 1. The molecule has 6 nitrogen and oxygen atoms in total. The van der Waals surface area contributed by atoms with Gasteiger partial charge in [-0.3, -0.25) is 4.79 Å². The summed E-state index contributed by atoms with van der Waals surface area (Å²) >= 11 is 0. The first-order valence-electron chi connectivity index (χ1n) is 6.23. The molecule has 1 aliphatic heterocycles. The van der Waals surface area contributed by atoms with E-state index in [0.717, 1.165) is 13.1 Å². The smallest absolute Gasteiger partial charge is 0.255 e. The number of carbonyl (C=O) groups is 1. The monoisotopic (exact) mass is 265 g/mol. The number of likely N-dealkylation sites (N-methyl/N-ethyl adjacent to an activating group) is 1. The molecule has 1 atom stereocenters. The Morgan fingerprint density at radius 1 is 1.63 bits per heavy atom. The van der Waals surface area contributed by atoms with Gasteiger partial charge in [-0.05, 0) is 19.2 Å². The van der Waals surface area contributed by atoms with Gasteiger partial charge in [-0.25, -0.2) is 0 Å². The molecule has 1 unspecified atom stereocenters. The maximum atomic E-state index is 11.9. The van der Waals surface area contributed by atoms with Gasteiger partial charge in [-0.2, -0.15) is 0 Å². The van der Waals surface area contributed by atoms with E-state index in [4.69, 9.17) is 10.5 Å². The highest BCUT2D eigenvalue weighted by Gasteiger charge is 2.19. The summed E-state index contributed by atoms with van der Waals surface area (Å²) in [6, 6.07) is 4.72. The Kier molecular flexibility index (Phi) is 4.24. The molecule has 1 aliphatic rings. The number of ether oxygens (including phenoxy) is 1. The van der Waals surface area contributed by atoms with E-state index in [0.29, 0.717) is 13.2 Å². The van der Waals surface area contributed by atoms with Crippen molar-refractivity contribution in [3.05, 3.63) is 23.8 Å². The summed E-state index contributed by atoms with van der Waals surface area (Å²) in [6.07, 6.45) is -0.0223. The normalized spacial score (nSPS) is 20.2. The molecule has 0 spiro atoms. The summed E-state index contributed by atoms with van der Waals surface area (Å²) in [5, 5.41) is 12.5. The predicted octanol–water partition coefficient (Wildman–Crippen LogP) is 0.0348. The van der Waals surface area contributed by atoms with E-state index >= 15 is 0 Å². The highest BCUT2D eigenvalue weighted by Crippen LogP contribution is 2.24. The van der Waals surface area contributed by atoms with Gasteiger partial charge in [-0.15, -0.1) is 0 Å². The minimum Gasteiger partial charge on any atom is -0.505 e. The number of phenolic OH excluding ortho intramolecular Hbond substituents is 1. The predicted molar refractivity (Wildman–Crippen MR) is 72.1 cm³/mol. The van der Waals surface area contributed by atoms with Gasteiger partial charge in [0.15, 0.2) is 5.75 Å². The number of rotatable bonds is 3. The lowest BCUT2D eigenvalue weighted by Gasteiger charge is -2.30. The molecule has 19 heavy (non-hydrogen) atoms. The number of hydrogen-bond acceptors (Lipinski definition) is 5. The lowest BCUT2D eigenvalue weighted by Crippen LogP contribution is -2.45. The highest BCUT2D eigenvalue weighted by atomic mass is 16.5. The second-order valence-electron chi connectivity index (χ2n) is 4.71. The second-order valence-corrected chi connectivity index (χ2v) is 4.71. The number of nitrogens with two attached hydrogens (primary N) is 1. The SMILES string of the molecule is CN1CCOC(CNC(=O)c2cccc(N)c2O)C1. The lowest BCUT2D eigenvalue weighted by molar-refractivity contribution is -0.0175. The molecule has 1 aromatic carbocycles. The number of carbonyl (C=O) groups excluding carboxylic acids is 1. The van der Waals surface area contributed by atoms with Crippen LogP contribution in [0.5, 0.6) is 5.75 Å². The first-order chi connectivity index (χ1) is 9.08. The second kappa shape index (κ2) is 5.90. The van der Waals surface area contributed by atoms with E-state index in [-0.39, 0.29) is 29.0 Å². The van der Waals surface area contributed by atoms with Gasteiger partial charge in [0.25, 0.3) is 5.91 Å². The Hall–Kier alpha value is -1.79. The van der Waals surface area contributed by atoms with Crippen molar-refractivity contribution in [3.63, 3.8) is 0 Å². The number of aromatic hydroxyl groups is 1. The summed E-state index contributed by atoms with van der Waals surface area (Å²) in [5.74, 6) is -0.525. The minimum atomic E-state index is -0.346. The van der Waals surface area contributed by atoms with Crippen molar-refractivity contribution in [1.82, 2.24) is 10.2 Å². The number of nitrogen functional groups attached to an aromatic ring is 1. The van der Waals surface area contributed by atoms with Crippen LogP contribution in [0.4, 0.5) is 5.69 Å². The van der Waals surface area contributed by atoms with Crippen molar-refractivity contribution in [3.8, 4) is 5.75 Å². The van der Waals surface area contributed by atoms with Crippen molar-refractivity contribution < 1.29 is 14.6 Å². The van der Waals surface area contributed by atoms with Crippen LogP contribution in [0.2, 0.25) is 0 Å². The summed E-state index contributed by atoms with van der Waals surface area (Å²) < 4.78 is 5.55. The highest BCUT2D eigenvalue weighted by molar-refractivity contribution is 5.98. The first kappa shape index (κ1) is 13.6. The van der Waals surface area contributed by atoms with Crippen LogP contribution in [0, 0.1) is 0 Å². The lowest BCUT2D eigenvalue weighted by atomic mass is 10.1. The minimum absolute atomic E-state index is 0.0223. The number of nitrogens with one attached hydrogen (secondary N) is 1. The Balaban J connectivity index is 1.92. The average molecular weight is 265 g/mol. The third kappa shape index (κ3) is 3.36. The largest absolute Gasteiger partial charge is 0.505 e. The first-order valence-corrected chi connectivity index (χ1v) is 6.23. The maximum Gasteiger partial charge on any atom is 0.255 e. The maximum absolute atomic E-state index is 11.9. The van der Waals surface area contributed by atoms with E-state index in [1.807, 2.05) is 7.05 Å². The van der Waals surface area contributed by atoms with Crippen LogP contribution in [0.1, 0.15) is 10.4 Å². The molecule has 1 saturated heterocycles. The molecule has 0 aromatic heterocycles. The molecule has 0 aliphatic carbocycles. The van der Waals surface area contributed by atoms with Crippen LogP contribution in [-0.4, -0.2) is 55.3 Å². The van der Waals surface area contributed by atoms with Crippen molar-refractivity contribution in [2.45, 2.75) is 6.10 Å². The van der Waals surface area contributed by atoms with Crippen molar-refractivity contribution in [2.24, 2.45) is 0 Å². The molecule has 0 bridgehead atoms. The number of phenols is 1. The number of anilines is 1. The van der Waals surface area contributed by atoms with Gasteiger partial charge in [0.2, 0.25) is 0 Å². The molecule has 1 amide bonds. The van der Waals surface area contributed by atoms with Crippen molar-refractivity contribution >= 4 is 11.6 Å². The quantitative estimate of drug-likeness (QED) is 0.530. The van der Waals surface area contributed by atoms with E-state index in [1.165, 1.54) is 6.07 Å². The van der Waals surface area contributed by atoms with Crippen LogP contribution >= 0.6 is 0 Å². The van der Waals surface area contributed by atoms with Crippen LogP contribution in [0.15, 0.2) is 18.2 Å². The van der Waals surface area contributed by atoms with Gasteiger partial charge in [0, 0.05) is 19.6 Å². The third-order valence-corrected chi connectivity index (χ3v) is 3.14. The fraction of sp³-hybridized carbons (Fsp3) is 0.462. The van der Waals surface area contributed by atoms with Gasteiger partial charge >= 0.3 is 0 Å². The zero-order valence-corrected chi connectivity index (χ0v) is 10.9. The van der Waals surface area contributed by atoms with Crippen molar-refractivity contribution in [1.29, 1.82) is 0 Å². The standard InChI is InChI=1S/C13H19N3O3/c1-16-5-6-19-9(8-16)7-15-13(18)10-3-2-4-11(14)12(10)17/h2-4,9,17H,5-8,14H2,1H3,(H,15,18). The van der Waals surface area contributed by atoms with Gasteiger partial charge < -0.3 is 25.8 Å². The molecule has 4 N–H and O–H groups in total. The Morgan fingerprint density at radius 3 is 3.16 bits per heavy atom. The fourth-order valence-corrected chi connectivity index (χ4v) is 2.04. The molecular formula is C13H19N3O3. The number of hydrogen-bond donors (Lipinski definition) is 3. The topological polar surface area (TPSA) is 87.8 Å². The average Bonchev–Trinajstić information content (AvgIpc) is 2.39. The number of nitrogens with zero attached hydrogens (tertiary/aromatic N) is 1. The van der Waals surface area contributed by atoms with Gasteiger partial charge in [-0.1, -0.05) is 6.07 Å². The molecule has 0 radical (unpaired) electrons. The van der Waals surface area contributed by atoms with E-state index in [1.54, 1.807) is 12.1 Å². The van der Waals surface area contributed by atoms with Crippen LogP contribution in [-0.2, 0) is 4.74 Å². The Bertz CT molecular complexity index is 464. The molecule has 104 valence electrons. The molecule has 1 fully saturated rings. The molecule has 1 heterocycles. The van der Waals surface area contributed by atoms with E-state index in [2.05, 4.69) is 10.2 Å². The molecule has 0 saturated carbocycles. The van der Waals surface area contributed by atoms with Crippen LogP contribution in [0.25, 0.3) is 0 Å². The summed E-state index contributed by atoms with van der Waals surface area (Å²) in [5.41, 5.74) is 5.93. The number of benzene rings is 1. The van der Waals surface area contributed by atoms with E-state index < -0.39 is 0 Å². The molecular weight excluding hydrogens is 246 g/mol. The van der Waals surface area contributed by atoms with Crippen LogP contribution < -0.4 is 11.1 Å². The molecule has 1 aromatic rings. The Morgan fingerprint density at radius 2 is 2.42 bits per heavy atom. The number of para-hydroxylation sites is 1.